The topological polar surface area (TPSA) is 69.6 Å². The average molecular weight is 530 g/mol. The number of imidazole rings is 1. The van der Waals surface area contributed by atoms with Crippen molar-refractivity contribution >= 4 is 67.3 Å². The van der Waals surface area contributed by atoms with Crippen LogP contribution in [0.2, 0.25) is 0 Å². The van der Waals surface area contributed by atoms with Gasteiger partial charge < -0.3 is 10.3 Å². The van der Waals surface area contributed by atoms with Crippen molar-refractivity contribution < 1.29 is 0 Å². The molecule has 0 unspecified atom stereocenters. The average Bonchev–Trinajstić information content (AvgIpc) is 2.95. The molecule has 1 aliphatic carbocycles. The Bertz CT molecular complexity index is 942. The Balaban J connectivity index is 1.78. The molecule has 0 bridgehead atoms. The second-order valence-electron chi connectivity index (χ2n) is 6.03. The lowest BCUT2D eigenvalue weighted by atomic mass is 9.92. The number of nitrogens with zero attached hydrogens (tertiary/aromatic N) is 4. The van der Waals surface area contributed by atoms with Crippen molar-refractivity contribution in [2.75, 3.05) is 11.1 Å². The van der Waals surface area contributed by atoms with E-state index in [1.54, 1.807) is 11.8 Å². The first-order chi connectivity index (χ1) is 12.2. The van der Waals surface area contributed by atoms with Crippen molar-refractivity contribution in [1.29, 1.82) is 0 Å². The molecule has 1 aliphatic rings. The Morgan fingerprint density at radius 2 is 1.96 bits per heavy atom. The van der Waals surface area contributed by atoms with Crippen molar-refractivity contribution in [3.63, 3.8) is 0 Å². The number of hydrogen-bond donors (Lipinski definition) is 1. The molecule has 0 amide bonds. The monoisotopic (exact) mass is 529 g/mol. The molecule has 2 N–H and O–H groups in total. The van der Waals surface area contributed by atoms with Gasteiger partial charge in [-0.05, 0) is 71.5 Å². The molecule has 0 fully saturated rings. The van der Waals surface area contributed by atoms with Crippen LogP contribution in [0.1, 0.15) is 24.0 Å². The minimum atomic E-state index is 0.431. The Labute approximate surface area is 172 Å². The van der Waals surface area contributed by atoms with E-state index in [4.69, 9.17) is 10.7 Å². The Morgan fingerprint density at radius 3 is 2.72 bits per heavy atom. The zero-order chi connectivity index (χ0) is 17.4. The molecular formula is C17H17BrIN5S. The van der Waals surface area contributed by atoms with Crippen molar-refractivity contribution in [3.05, 3.63) is 33.2 Å². The maximum atomic E-state index is 6.00. The van der Waals surface area contributed by atoms with Crippen LogP contribution in [0.5, 0.6) is 0 Å². The minimum Gasteiger partial charge on any atom is -0.382 e. The Morgan fingerprint density at radius 1 is 1.20 bits per heavy atom. The summed E-state index contributed by atoms with van der Waals surface area (Å²) in [6, 6.07) is 4.68. The molecule has 4 rings (SSSR count). The van der Waals surface area contributed by atoms with E-state index in [-0.39, 0.29) is 0 Å². The van der Waals surface area contributed by atoms with E-state index in [1.165, 1.54) is 51.6 Å². The van der Waals surface area contributed by atoms with Crippen molar-refractivity contribution in [2.24, 2.45) is 0 Å². The van der Waals surface area contributed by atoms with E-state index in [9.17, 15) is 0 Å². The van der Waals surface area contributed by atoms with Crippen LogP contribution in [0.25, 0.3) is 11.2 Å². The summed E-state index contributed by atoms with van der Waals surface area (Å²) in [5.74, 6) is 0.431. The number of halogens is 2. The number of nitrogen functional groups attached to an aromatic ring is 1. The van der Waals surface area contributed by atoms with E-state index in [0.29, 0.717) is 11.3 Å². The van der Waals surface area contributed by atoms with E-state index in [0.717, 1.165) is 22.7 Å². The van der Waals surface area contributed by atoms with Crippen LogP contribution in [0.3, 0.4) is 0 Å². The van der Waals surface area contributed by atoms with E-state index in [2.05, 4.69) is 65.2 Å². The largest absolute Gasteiger partial charge is 0.382 e. The molecule has 3 aromatic rings. The molecule has 0 saturated carbocycles. The van der Waals surface area contributed by atoms with Gasteiger partial charge in [0.05, 0.1) is 0 Å². The van der Waals surface area contributed by atoms with Gasteiger partial charge in [-0.3, -0.25) is 0 Å². The van der Waals surface area contributed by atoms with Crippen LogP contribution in [0.4, 0.5) is 5.82 Å². The molecule has 130 valence electrons. The smallest absolute Gasteiger partial charge is 0.175 e. The highest BCUT2D eigenvalue weighted by Crippen LogP contribution is 2.36. The quantitative estimate of drug-likeness (QED) is 0.399. The maximum Gasteiger partial charge on any atom is 0.175 e. The minimum absolute atomic E-state index is 0.431. The molecule has 1 aromatic carbocycles. The third-order valence-electron chi connectivity index (χ3n) is 4.43. The highest BCUT2D eigenvalue weighted by atomic mass is 127. The molecule has 2 aromatic heterocycles. The summed E-state index contributed by atoms with van der Waals surface area (Å²) >= 11 is 7.64. The summed E-state index contributed by atoms with van der Waals surface area (Å²) in [5, 5.41) is 1.74. The van der Waals surface area contributed by atoms with Gasteiger partial charge in [0.15, 0.2) is 22.1 Å². The highest BCUT2D eigenvalue weighted by molar-refractivity contribution is 14.1. The van der Waals surface area contributed by atoms with Gasteiger partial charge in [0.1, 0.15) is 6.33 Å². The lowest BCUT2D eigenvalue weighted by Gasteiger charge is -2.18. The summed E-state index contributed by atoms with van der Waals surface area (Å²) in [7, 11) is 0. The van der Waals surface area contributed by atoms with Crippen molar-refractivity contribution in [1.82, 2.24) is 19.5 Å². The third-order valence-corrected chi connectivity index (χ3v) is 7.10. The first-order valence-electron chi connectivity index (χ1n) is 8.19. The fraction of sp³-hybridized carbons (Fsp3) is 0.353. The van der Waals surface area contributed by atoms with Gasteiger partial charge in [0, 0.05) is 20.3 Å². The number of aryl methyl sites for hydroxylation is 3. The number of anilines is 1. The Hall–Kier alpha value is -0.870. The van der Waals surface area contributed by atoms with Gasteiger partial charge in [-0.1, -0.05) is 27.7 Å². The van der Waals surface area contributed by atoms with Gasteiger partial charge in [0.25, 0.3) is 0 Å². The summed E-state index contributed by atoms with van der Waals surface area (Å²) in [6.07, 6.45) is 6.46. The predicted molar refractivity (Wildman–Crippen MR) is 113 cm³/mol. The lowest BCUT2D eigenvalue weighted by molar-refractivity contribution is 0.682. The molecule has 0 saturated heterocycles. The zero-order valence-corrected chi connectivity index (χ0v) is 18.1. The predicted octanol–water partition coefficient (Wildman–Crippen LogP) is 4.44. The van der Waals surface area contributed by atoms with Gasteiger partial charge in [-0.25, -0.2) is 15.0 Å². The van der Waals surface area contributed by atoms with Crippen LogP contribution in [0.15, 0.2) is 28.5 Å². The Kier molecular flexibility index (Phi) is 5.19. The van der Waals surface area contributed by atoms with Gasteiger partial charge in [0.2, 0.25) is 0 Å². The second-order valence-corrected chi connectivity index (χ2v) is 8.99. The molecule has 0 spiro atoms. The zero-order valence-electron chi connectivity index (χ0n) is 13.5. The summed E-state index contributed by atoms with van der Waals surface area (Å²) in [6.45, 7) is 0.788. The number of benzene rings is 1. The molecule has 5 nitrogen and oxygen atoms in total. The van der Waals surface area contributed by atoms with Crippen LogP contribution in [-0.2, 0) is 19.4 Å². The highest BCUT2D eigenvalue weighted by Gasteiger charge is 2.18. The fourth-order valence-corrected chi connectivity index (χ4v) is 5.40. The third kappa shape index (κ3) is 3.40. The van der Waals surface area contributed by atoms with Crippen LogP contribution in [0, 0.1) is 3.57 Å². The molecular weight excluding hydrogens is 513 g/mol. The van der Waals surface area contributed by atoms with Crippen LogP contribution in [-0.4, -0.2) is 24.8 Å². The maximum absolute atomic E-state index is 6.00. The standard InChI is InChI=1S/C17H17BrIN5S/c18-5-6-24-16-14(15(20)21-9-22-16)23-17(24)25-13-8-11-4-2-1-3-10(11)7-12(13)19/h7-9H,1-6H2,(H2,20,21,22). The number of nitrogens with two attached hydrogens (primary N) is 1. The molecule has 0 aliphatic heterocycles. The molecule has 8 heteroatoms. The van der Waals surface area contributed by atoms with Crippen LogP contribution < -0.4 is 5.73 Å². The summed E-state index contributed by atoms with van der Waals surface area (Å²) in [5.41, 5.74) is 10.5. The van der Waals surface area contributed by atoms with Crippen molar-refractivity contribution in [3.8, 4) is 0 Å². The summed E-state index contributed by atoms with van der Waals surface area (Å²) in [4.78, 5) is 14.4. The summed E-state index contributed by atoms with van der Waals surface area (Å²) < 4.78 is 3.39. The number of hydrogen-bond acceptors (Lipinski definition) is 5. The number of rotatable bonds is 4. The van der Waals surface area contributed by atoms with Gasteiger partial charge in [-0.2, -0.15) is 0 Å². The molecule has 2 heterocycles. The van der Waals surface area contributed by atoms with E-state index >= 15 is 0 Å². The van der Waals surface area contributed by atoms with E-state index < -0.39 is 0 Å². The fourth-order valence-electron chi connectivity index (χ4n) is 3.21. The SMILES string of the molecule is Nc1ncnc2c1nc(Sc1cc3c(cc1I)CCCC3)n2CCBr. The number of aromatic nitrogens is 4. The molecule has 0 atom stereocenters. The van der Waals surface area contributed by atoms with Crippen molar-refractivity contribution in [2.45, 2.75) is 42.3 Å². The lowest BCUT2D eigenvalue weighted by Crippen LogP contribution is -2.05. The second kappa shape index (κ2) is 7.40. The van der Waals surface area contributed by atoms with E-state index in [1.807, 2.05) is 0 Å². The normalized spacial score (nSPS) is 14.0. The number of fused-ring (bicyclic) bond motifs is 2. The van der Waals surface area contributed by atoms with Crippen LogP contribution >= 0.6 is 50.3 Å². The molecule has 0 radical (unpaired) electrons. The van der Waals surface area contributed by atoms with Gasteiger partial charge in [-0.15, -0.1) is 0 Å². The first-order valence-corrected chi connectivity index (χ1v) is 11.2. The number of alkyl halides is 1. The first kappa shape index (κ1) is 17.5. The molecule has 25 heavy (non-hydrogen) atoms. The van der Waals surface area contributed by atoms with Gasteiger partial charge >= 0.3 is 0 Å².